The number of fused-ring (bicyclic) bond motifs is 2. The van der Waals surface area contributed by atoms with Crippen molar-refractivity contribution in [3.63, 3.8) is 0 Å². The minimum absolute atomic E-state index is 0.00517. The molecular formula is C89H97ClN10O15. The largest absolute Gasteiger partial charge is 0.495 e. The molecule has 2 aromatic heterocycles. The van der Waals surface area contributed by atoms with Gasteiger partial charge in [0.1, 0.15) is 29.9 Å². The summed E-state index contributed by atoms with van der Waals surface area (Å²) in [5.41, 5.74) is 2.43. The lowest BCUT2D eigenvalue weighted by molar-refractivity contribution is -0.145. The number of imide groups is 2. The highest BCUT2D eigenvalue weighted by molar-refractivity contribution is 6.34. The first-order chi connectivity index (χ1) is 55.6. The normalized spacial score (nSPS) is 14.6. The van der Waals surface area contributed by atoms with Crippen LogP contribution in [0, 0.1) is 13.8 Å². The molecule has 4 atom stereocenters. The number of methoxy groups -OCH3 is 1. The SMILES string of the molecule is CCC(OCNc1ccc(Cl)c(NC(=O)C(c2nc3ccccc3c(=O)n2-c2ccccc2)N2C(=O)OC(C)(C)C2=O)c1)Oc1ccc(C)cc1C.CCCCCCCCCCCCCCOC(=O)c1ccc(OC)c(NC(=O)C(c2nc3ccccc3c(=O)n2-c2ccccc2)N2C(=O)C(OCC)N(Cc3ccccc3)C2=O)c1. The number of anilines is 3. The van der Waals surface area contributed by atoms with Crippen LogP contribution in [0.1, 0.15) is 169 Å². The highest BCUT2D eigenvalue weighted by Crippen LogP contribution is 2.38. The third-order valence-electron chi connectivity index (χ3n) is 19.7. The summed E-state index contributed by atoms with van der Waals surface area (Å²) in [4.78, 5) is 140. The van der Waals surface area contributed by atoms with Gasteiger partial charge in [-0.3, -0.25) is 42.8 Å². The predicted octanol–water partition coefficient (Wildman–Crippen LogP) is 17.1. The van der Waals surface area contributed by atoms with Gasteiger partial charge in [0.15, 0.2) is 17.7 Å². The van der Waals surface area contributed by atoms with E-state index in [1.807, 2.05) is 69.3 Å². The number of hydrogen-bond acceptors (Lipinski definition) is 18. The second-order valence-corrected chi connectivity index (χ2v) is 28.9. The summed E-state index contributed by atoms with van der Waals surface area (Å²) < 4.78 is 37.0. The Morgan fingerprint density at radius 3 is 1.65 bits per heavy atom. The molecule has 8 aromatic carbocycles. The number of carbonyl (C=O) groups excluding carboxylic acids is 7. The lowest BCUT2D eigenvalue weighted by atomic mass is 10.1. The minimum atomic E-state index is -1.82. The van der Waals surface area contributed by atoms with E-state index in [2.05, 4.69) is 22.9 Å². The van der Waals surface area contributed by atoms with Gasteiger partial charge in [0, 0.05) is 18.7 Å². The smallest absolute Gasteiger partial charge is 0.418 e. The summed E-state index contributed by atoms with van der Waals surface area (Å²) in [6, 6.07) is 50.3. The van der Waals surface area contributed by atoms with Crippen LogP contribution in [0.2, 0.25) is 5.02 Å². The van der Waals surface area contributed by atoms with Crippen molar-refractivity contribution in [2.75, 3.05) is 43.0 Å². The van der Waals surface area contributed by atoms with Crippen LogP contribution >= 0.6 is 11.6 Å². The molecule has 2 aliphatic rings. The van der Waals surface area contributed by atoms with Crippen LogP contribution in [0.25, 0.3) is 33.2 Å². The molecule has 0 bridgehead atoms. The van der Waals surface area contributed by atoms with E-state index in [1.165, 1.54) is 105 Å². The molecule has 2 fully saturated rings. The van der Waals surface area contributed by atoms with Crippen molar-refractivity contribution in [1.29, 1.82) is 0 Å². The van der Waals surface area contributed by atoms with E-state index in [4.69, 9.17) is 50.0 Å². The highest BCUT2D eigenvalue weighted by atomic mass is 35.5. The second kappa shape index (κ2) is 39.6. The van der Waals surface area contributed by atoms with Gasteiger partial charge in [-0.1, -0.05) is 205 Å². The highest BCUT2D eigenvalue weighted by Gasteiger charge is 2.55. The third-order valence-corrected chi connectivity index (χ3v) is 20.1. The molecule has 2 saturated heterocycles. The number of nitrogens with one attached hydrogen (secondary N) is 3. The molecule has 3 N–H and O–H groups in total. The number of esters is 1. The zero-order valence-electron chi connectivity index (χ0n) is 65.9. The van der Waals surface area contributed by atoms with E-state index in [-0.39, 0.29) is 87.7 Å². The summed E-state index contributed by atoms with van der Waals surface area (Å²) in [5, 5.41) is 9.44. The van der Waals surface area contributed by atoms with Crippen LogP contribution in [0.15, 0.2) is 204 Å². The number of cyclic esters (lactones) is 1. The Kier molecular flexibility index (Phi) is 28.9. The van der Waals surface area contributed by atoms with Crippen molar-refractivity contribution in [1.82, 2.24) is 33.8 Å². The number of urea groups is 1. The summed E-state index contributed by atoms with van der Waals surface area (Å²) in [7, 11) is 1.41. The van der Waals surface area contributed by atoms with Gasteiger partial charge >= 0.3 is 18.1 Å². The number of amides is 7. The van der Waals surface area contributed by atoms with Gasteiger partial charge < -0.3 is 44.4 Å². The van der Waals surface area contributed by atoms with Gasteiger partial charge in [-0.05, 0) is 143 Å². The van der Waals surface area contributed by atoms with Crippen LogP contribution in [-0.4, -0.2) is 121 Å². The van der Waals surface area contributed by atoms with Crippen LogP contribution in [0.3, 0.4) is 0 Å². The molecular weight excluding hydrogens is 1480 g/mol. The average Bonchev–Trinajstić information content (AvgIpc) is 1.60. The number of aryl methyl sites for hydroxylation is 2. The number of aromatic nitrogens is 4. The first kappa shape index (κ1) is 83.9. The maximum Gasteiger partial charge on any atom is 0.418 e. The summed E-state index contributed by atoms with van der Waals surface area (Å²) in [6.07, 6.45) is 11.9. The number of unbranched alkanes of at least 4 members (excludes halogenated alkanes) is 11. The fourth-order valence-corrected chi connectivity index (χ4v) is 13.9. The fourth-order valence-electron chi connectivity index (χ4n) is 13.8. The zero-order chi connectivity index (χ0) is 81.7. The number of benzene rings is 8. The van der Waals surface area contributed by atoms with E-state index < -0.39 is 83.0 Å². The molecule has 0 spiro atoms. The molecule has 115 heavy (non-hydrogen) atoms. The van der Waals surface area contributed by atoms with Crippen molar-refractivity contribution >= 4 is 92.2 Å². The molecule has 7 amide bonds. The Labute approximate surface area is 672 Å². The van der Waals surface area contributed by atoms with E-state index >= 15 is 4.79 Å². The molecule has 0 radical (unpaired) electrons. The molecule has 26 heteroatoms. The molecule has 2 aliphatic heterocycles. The Balaban J connectivity index is 0.000000230. The van der Waals surface area contributed by atoms with Gasteiger partial charge in [-0.15, -0.1) is 0 Å². The summed E-state index contributed by atoms with van der Waals surface area (Å²) in [6.45, 7) is 13.1. The van der Waals surface area contributed by atoms with Crippen molar-refractivity contribution in [2.24, 2.45) is 0 Å². The molecule has 10 aromatic rings. The van der Waals surface area contributed by atoms with E-state index in [1.54, 1.807) is 134 Å². The van der Waals surface area contributed by atoms with Gasteiger partial charge in [-0.25, -0.2) is 34.2 Å². The molecule has 4 unspecified atom stereocenters. The topological polar surface area (TPSA) is 290 Å². The van der Waals surface area contributed by atoms with Crippen LogP contribution in [-0.2, 0) is 44.7 Å². The minimum Gasteiger partial charge on any atom is -0.495 e. The lowest BCUT2D eigenvalue weighted by Gasteiger charge is -2.27. The zero-order valence-corrected chi connectivity index (χ0v) is 66.7. The first-order valence-corrected chi connectivity index (χ1v) is 39.4. The van der Waals surface area contributed by atoms with Crippen LogP contribution in [0.5, 0.6) is 11.5 Å². The second-order valence-electron chi connectivity index (χ2n) is 28.5. The van der Waals surface area contributed by atoms with Gasteiger partial charge in [0.05, 0.1) is 75.4 Å². The molecule has 12 rings (SSSR count). The monoisotopic (exact) mass is 1580 g/mol. The Morgan fingerprint density at radius 2 is 1.11 bits per heavy atom. The Hall–Kier alpha value is -12.1. The van der Waals surface area contributed by atoms with E-state index in [0.29, 0.717) is 28.4 Å². The number of carbonyl (C=O) groups is 7. The maximum absolute atomic E-state index is 15.1. The van der Waals surface area contributed by atoms with Crippen molar-refractivity contribution in [2.45, 2.75) is 169 Å². The number of hydrogen-bond donors (Lipinski definition) is 3. The Morgan fingerprint density at radius 1 is 0.583 bits per heavy atom. The molecule has 4 heterocycles. The van der Waals surface area contributed by atoms with Crippen molar-refractivity contribution in [3.05, 3.63) is 254 Å². The van der Waals surface area contributed by atoms with Gasteiger partial charge in [-0.2, -0.15) is 0 Å². The standard InChI is InChI=1S/C50H59N5O8.C39H38ClN5O7/c1-4-6-7-8-9-10-11-12-13-14-15-24-33-63-49(59)37-31-32-42(61-3)41(34-37)52-45(56)43(55-47(58)48(62-5-2)53(50(55)60)35-36-25-18-16-19-26-36)44-51-40-30-23-22-29-39(40)46(57)54(44)38-27-20-17-21-28-38;1-6-32(51-31-19-16-23(2)20-24(31)3)50-22-41-25-17-18-28(40)30(21-25)43-35(46)33(45-37(48)39(4,5)52-38(45)49)34-42-29-15-11-10-14-27(29)36(47)44(34)26-12-8-7-9-13-26/h16-23,25-32,34,43,48H,4-15,24,33,35H2,1-3H3,(H,52,56);7-21,32-33,41H,6,22H2,1-5H3,(H,43,46). The van der Waals surface area contributed by atoms with E-state index in [9.17, 15) is 38.4 Å². The quantitative estimate of drug-likeness (QED) is 0.0142. The first-order valence-electron chi connectivity index (χ1n) is 39.0. The fraction of sp³-hybridized carbons (Fsp3) is 0.337. The van der Waals surface area contributed by atoms with E-state index in [0.717, 1.165) is 53.0 Å². The van der Waals surface area contributed by atoms with Gasteiger partial charge in [0.25, 0.3) is 34.7 Å². The molecule has 25 nitrogen and oxygen atoms in total. The number of nitrogens with zero attached hydrogens (tertiary/aromatic N) is 7. The van der Waals surface area contributed by atoms with Crippen LogP contribution < -0.4 is 36.5 Å². The summed E-state index contributed by atoms with van der Waals surface area (Å²) >= 11 is 6.57. The maximum atomic E-state index is 15.1. The predicted molar refractivity (Wildman–Crippen MR) is 440 cm³/mol. The molecule has 0 aliphatic carbocycles. The van der Waals surface area contributed by atoms with Gasteiger partial charge in [0.2, 0.25) is 12.5 Å². The summed E-state index contributed by atoms with van der Waals surface area (Å²) in [5.74, 6) is -3.40. The lowest BCUT2D eigenvalue weighted by Crippen LogP contribution is -2.45. The Bertz CT molecular complexity index is 5240. The number of para-hydroxylation sites is 4. The number of halogens is 1. The molecule has 600 valence electrons. The number of rotatable bonds is 36. The van der Waals surface area contributed by atoms with Crippen molar-refractivity contribution in [3.8, 4) is 22.9 Å². The van der Waals surface area contributed by atoms with Crippen LogP contribution in [0.4, 0.5) is 26.7 Å². The third kappa shape index (κ3) is 20.3. The number of ether oxygens (including phenoxy) is 6. The molecule has 0 saturated carbocycles. The van der Waals surface area contributed by atoms with Crippen molar-refractivity contribution < 1.29 is 62.0 Å². The average molecular weight is 1580 g/mol.